The maximum atomic E-state index is 13.8. The van der Waals surface area contributed by atoms with Crippen molar-refractivity contribution in [1.29, 1.82) is 0 Å². The number of amidine groups is 1. The van der Waals surface area contributed by atoms with E-state index in [0.717, 1.165) is 0 Å². The van der Waals surface area contributed by atoms with Crippen LogP contribution in [0.3, 0.4) is 0 Å². The predicted molar refractivity (Wildman–Crippen MR) is 128 cm³/mol. The number of nitrogens with one attached hydrogen (secondary N) is 1. The van der Waals surface area contributed by atoms with E-state index in [2.05, 4.69) is 15.2 Å². The lowest BCUT2D eigenvalue weighted by atomic mass is 9.95. The van der Waals surface area contributed by atoms with Crippen LogP contribution in [0.2, 0.25) is 5.02 Å². The zero-order valence-corrected chi connectivity index (χ0v) is 20.4. The van der Waals surface area contributed by atoms with Crippen LogP contribution in [0.5, 0.6) is 0 Å². The number of carboxylic acids is 1. The summed E-state index contributed by atoms with van der Waals surface area (Å²) in [6.45, 7) is 1.86. The first-order valence-corrected chi connectivity index (χ1v) is 12.2. The Morgan fingerprint density at radius 1 is 1.43 bits per heavy atom. The van der Waals surface area contributed by atoms with Crippen molar-refractivity contribution in [3.8, 4) is 0 Å². The molecule has 0 aliphatic carbocycles. The Labute approximate surface area is 210 Å². The number of methoxy groups -OCH3 is 1. The van der Waals surface area contributed by atoms with E-state index in [9.17, 15) is 14.0 Å². The van der Waals surface area contributed by atoms with Gasteiger partial charge in [0.2, 0.25) is 0 Å². The van der Waals surface area contributed by atoms with Gasteiger partial charge in [-0.2, -0.15) is 0 Å². The third-order valence-electron chi connectivity index (χ3n) is 5.71. The van der Waals surface area contributed by atoms with Gasteiger partial charge in [-0.3, -0.25) is 14.7 Å². The van der Waals surface area contributed by atoms with Crippen molar-refractivity contribution in [2.45, 2.75) is 25.0 Å². The Morgan fingerprint density at radius 3 is 2.94 bits per heavy atom. The molecule has 0 bridgehead atoms. The number of halogens is 2. The Balaban J connectivity index is 1.70. The number of ether oxygens (including phenoxy) is 2. The normalized spacial score (nSPS) is 20.8. The molecule has 186 valence electrons. The number of morpholine rings is 1. The van der Waals surface area contributed by atoms with Gasteiger partial charge in [-0.15, -0.1) is 11.3 Å². The quantitative estimate of drug-likeness (QED) is 0.509. The van der Waals surface area contributed by atoms with Crippen LogP contribution in [-0.2, 0) is 19.1 Å². The molecule has 0 saturated carbocycles. The SMILES string of the molecule is COC(=O)C1=C(CN2CCO[C@@H](CCC(=O)O)C2)NC(c2nccs2)=N[C@H]1c1ccc(F)cc1Cl. The molecule has 0 spiro atoms. The number of aliphatic imine (C=N–C) groups is 1. The zero-order valence-electron chi connectivity index (χ0n) is 18.9. The Kier molecular flexibility index (Phi) is 8.11. The molecule has 2 N–H and O–H groups in total. The molecular formula is C23H24ClFN4O5S. The lowest BCUT2D eigenvalue weighted by molar-refractivity contribution is -0.138. The third-order valence-corrected chi connectivity index (χ3v) is 6.82. The molecule has 4 rings (SSSR count). The summed E-state index contributed by atoms with van der Waals surface area (Å²) in [5.74, 6) is -1.50. The van der Waals surface area contributed by atoms with Gasteiger partial charge in [-0.05, 0) is 18.6 Å². The molecule has 1 fully saturated rings. The summed E-state index contributed by atoms with van der Waals surface area (Å²) in [6.07, 6.45) is 1.82. The maximum Gasteiger partial charge on any atom is 0.338 e. The summed E-state index contributed by atoms with van der Waals surface area (Å²) < 4.78 is 24.6. The van der Waals surface area contributed by atoms with Crippen molar-refractivity contribution < 1.29 is 28.6 Å². The Bertz CT molecular complexity index is 1160. The van der Waals surface area contributed by atoms with E-state index >= 15 is 0 Å². The average molecular weight is 523 g/mol. The number of carboxylic acid groups (broad SMARTS) is 1. The van der Waals surface area contributed by atoms with Gasteiger partial charge >= 0.3 is 11.9 Å². The zero-order chi connectivity index (χ0) is 24.9. The fraction of sp³-hybridized carbons (Fsp3) is 0.391. The van der Waals surface area contributed by atoms with E-state index in [1.165, 1.54) is 36.6 Å². The van der Waals surface area contributed by atoms with Gasteiger partial charge in [0.15, 0.2) is 10.8 Å². The molecule has 1 aromatic heterocycles. The van der Waals surface area contributed by atoms with Crippen LogP contribution in [0.4, 0.5) is 4.39 Å². The first-order valence-electron chi connectivity index (χ1n) is 10.9. The van der Waals surface area contributed by atoms with E-state index < -0.39 is 23.8 Å². The molecule has 2 atom stereocenters. The highest BCUT2D eigenvalue weighted by molar-refractivity contribution is 7.11. The maximum absolute atomic E-state index is 13.8. The van der Waals surface area contributed by atoms with Gasteiger partial charge in [0.25, 0.3) is 0 Å². The summed E-state index contributed by atoms with van der Waals surface area (Å²) in [5.41, 5.74) is 1.28. The number of aliphatic carboxylic acids is 1. The highest BCUT2D eigenvalue weighted by Crippen LogP contribution is 2.37. The van der Waals surface area contributed by atoms with E-state index in [4.69, 9.17) is 31.2 Å². The number of hydrogen-bond acceptors (Lipinski definition) is 9. The number of hydrogen-bond donors (Lipinski definition) is 2. The number of carbonyl (C=O) groups is 2. The van der Waals surface area contributed by atoms with Crippen molar-refractivity contribution in [1.82, 2.24) is 15.2 Å². The third kappa shape index (κ3) is 6.04. The highest BCUT2D eigenvalue weighted by Gasteiger charge is 2.35. The number of carbonyl (C=O) groups excluding carboxylic acids is 1. The first-order chi connectivity index (χ1) is 16.9. The molecule has 12 heteroatoms. The van der Waals surface area contributed by atoms with Crippen LogP contribution < -0.4 is 5.32 Å². The van der Waals surface area contributed by atoms with Gasteiger partial charge in [-0.1, -0.05) is 17.7 Å². The van der Waals surface area contributed by atoms with E-state index in [0.29, 0.717) is 54.8 Å². The largest absolute Gasteiger partial charge is 0.481 e. The van der Waals surface area contributed by atoms with Gasteiger partial charge < -0.3 is 19.9 Å². The lowest BCUT2D eigenvalue weighted by Crippen LogP contribution is -2.46. The minimum absolute atomic E-state index is 0.0128. The molecule has 0 radical (unpaired) electrons. The lowest BCUT2D eigenvalue weighted by Gasteiger charge is -2.35. The molecule has 3 heterocycles. The average Bonchev–Trinajstić information content (AvgIpc) is 3.37. The summed E-state index contributed by atoms with van der Waals surface area (Å²) >= 11 is 7.76. The Morgan fingerprint density at radius 2 is 2.26 bits per heavy atom. The number of thiazole rings is 1. The molecule has 9 nitrogen and oxygen atoms in total. The standard InChI is InChI=1S/C23H24ClFN4O5S/c1-33-23(32)19-17(12-29-7-8-34-14(11-29)3-5-18(30)31)27-21(22-26-6-9-35-22)28-20(19)15-4-2-13(25)10-16(15)24/h2,4,6,9-10,14,20H,3,5,7-8,11-12H2,1H3,(H,27,28)(H,30,31)/t14-,20-/m0/s1. The molecule has 0 amide bonds. The fourth-order valence-corrected chi connectivity index (χ4v) is 4.93. The van der Waals surface area contributed by atoms with Crippen molar-refractivity contribution in [3.63, 3.8) is 0 Å². The minimum Gasteiger partial charge on any atom is -0.481 e. The summed E-state index contributed by atoms with van der Waals surface area (Å²) in [7, 11) is 1.28. The Hall–Kier alpha value is -2.86. The summed E-state index contributed by atoms with van der Waals surface area (Å²) in [4.78, 5) is 35.1. The van der Waals surface area contributed by atoms with Crippen molar-refractivity contribution in [2.75, 3.05) is 33.4 Å². The molecule has 1 aromatic carbocycles. The van der Waals surface area contributed by atoms with Gasteiger partial charge in [0.1, 0.15) is 11.9 Å². The fourth-order valence-electron chi connectivity index (χ4n) is 4.07. The van der Waals surface area contributed by atoms with E-state index in [1.807, 2.05) is 5.38 Å². The van der Waals surface area contributed by atoms with Crippen LogP contribution >= 0.6 is 22.9 Å². The van der Waals surface area contributed by atoms with Gasteiger partial charge in [0, 0.05) is 53.9 Å². The minimum atomic E-state index is -0.876. The van der Waals surface area contributed by atoms with Crippen molar-refractivity contribution in [2.24, 2.45) is 4.99 Å². The molecule has 2 aliphatic heterocycles. The molecule has 1 saturated heterocycles. The summed E-state index contributed by atoms with van der Waals surface area (Å²) in [6, 6.07) is 3.12. The number of rotatable bonds is 8. The van der Waals surface area contributed by atoms with Crippen LogP contribution in [0.1, 0.15) is 29.5 Å². The molecule has 2 aliphatic rings. The van der Waals surface area contributed by atoms with E-state index in [1.54, 1.807) is 6.20 Å². The second-order valence-electron chi connectivity index (χ2n) is 8.05. The predicted octanol–water partition coefficient (Wildman–Crippen LogP) is 3.02. The molecule has 0 unspecified atom stereocenters. The monoisotopic (exact) mass is 522 g/mol. The van der Waals surface area contributed by atoms with Crippen LogP contribution in [0, 0.1) is 5.82 Å². The van der Waals surface area contributed by atoms with E-state index in [-0.39, 0.29) is 23.1 Å². The van der Waals surface area contributed by atoms with Crippen LogP contribution in [-0.4, -0.2) is 72.2 Å². The second kappa shape index (κ2) is 11.3. The number of esters is 1. The summed E-state index contributed by atoms with van der Waals surface area (Å²) in [5, 5.41) is 14.8. The number of aromatic nitrogens is 1. The van der Waals surface area contributed by atoms with Crippen molar-refractivity contribution >= 4 is 40.7 Å². The number of nitrogens with zero attached hydrogens (tertiary/aromatic N) is 3. The highest BCUT2D eigenvalue weighted by atomic mass is 35.5. The first kappa shape index (κ1) is 25.2. The topological polar surface area (TPSA) is 113 Å². The molecule has 2 aromatic rings. The van der Waals surface area contributed by atoms with Crippen molar-refractivity contribution in [3.05, 3.63) is 62.5 Å². The van der Waals surface area contributed by atoms with Crippen LogP contribution in [0.15, 0.2) is 46.0 Å². The van der Waals surface area contributed by atoms with Crippen LogP contribution in [0.25, 0.3) is 0 Å². The smallest absolute Gasteiger partial charge is 0.338 e. The molecular weight excluding hydrogens is 499 g/mol. The molecule has 35 heavy (non-hydrogen) atoms. The van der Waals surface area contributed by atoms with Gasteiger partial charge in [-0.25, -0.2) is 14.2 Å². The number of benzene rings is 1. The van der Waals surface area contributed by atoms with Gasteiger partial charge in [0.05, 0.1) is 25.4 Å². The second-order valence-corrected chi connectivity index (χ2v) is 9.35.